The van der Waals surface area contributed by atoms with Crippen molar-refractivity contribution in [3.63, 3.8) is 0 Å². The number of allylic oxidation sites excluding steroid dienone is 5. The molecule has 0 unspecified atom stereocenters. The predicted octanol–water partition coefficient (Wildman–Crippen LogP) is 7.97. The Morgan fingerprint density at radius 3 is 1.93 bits per heavy atom. The number of hydrogen-bond donors (Lipinski definition) is 1. The molecule has 0 amide bonds. The minimum absolute atomic E-state index is 0.520. The first kappa shape index (κ1) is 27.4. The van der Waals surface area contributed by atoms with Gasteiger partial charge in [0.25, 0.3) is 0 Å². The summed E-state index contributed by atoms with van der Waals surface area (Å²) in [4.78, 5) is 0. The molecule has 0 heterocycles. The van der Waals surface area contributed by atoms with Gasteiger partial charge >= 0.3 is 0 Å². The molecule has 1 saturated carbocycles. The van der Waals surface area contributed by atoms with Crippen molar-refractivity contribution in [2.75, 3.05) is 6.54 Å². The minimum atomic E-state index is 0.520. The number of benzene rings is 1. The molecule has 1 nitrogen and oxygen atoms in total. The Labute approximate surface area is 182 Å². The molecule has 0 bridgehead atoms. The quantitative estimate of drug-likeness (QED) is 0.501. The lowest BCUT2D eigenvalue weighted by atomic mass is 9.63. The first-order valence-electron chi connectivity index (χ1n) is 11.3. The van der Waals surface area contributed by atoms with Crippen molar-refractivity contribution >= 4 is 0 Å². The van der Waals surface area contributed by atoms with Crippen LogP contribution in [0, 0.1) is 31.1 Å². The van der Waals surface area contributed by atoms with E-state index in [1.807, 2.05) is 19.9 Å². The van der Waals surface area contributed by atoms with E-state index in [0.29, 0.717) is 5.41 Å². The molecule has 1 aromatic carbocycles. The fraction of sp³-hybridized carbons (Fsp3) is 0.571. The summed E-state index contributed by atoms with van der Waals surface area (Å²) in [6.45, 7) is 24.2. The SMILES string of the molecule is C=C/C(=C\C=C(C)C)Cc1cc(C)cc(C)c1.CC.CC(C)(C)C1CC(CN)C1. The molecule has 0 saturated heterocycles. The van der Waals surface area contributed by atoms with Gasteiger partial charge < -0.3 is 5.73 Å². The van der Waals surface area contributed by atoms with E-state index in [2.05, 4.69) is 85.4 Å². The monoisotopic (exact) mass is 397 g/mol. The molecule has 1 fully saturated rings. The van der Waals surface area contributed by atoms with Crippen molar-refractivity contribution in [3.8, 4) is 0 Å². The van der Waals surface area contributed by atoms with Crippen LogP contribution in [0.3, 0.4) is 0 Å². The molecule has 0 spiro atoms. The van der Waals surface area contributed by atoms with E-state index in [-0.39, 0.29) is 0 Å². The lowest BCUT2D eigenvalue weighted by Crippen LogP contribution is -2.37. The van der Waals surface area contributed by atoms with E-state index in [1.165, 1.54) is 40.7 Å². The Morgan fingerprint density at radius 1 is 1.03 bits per heavy atom. The van der Waals surface area contributed by atoms with Gasteiger partial charge in [-0.25, -0.2) is 0 Å². The average molecular weight is 398 g/mol. The molecule has 1 aliphatic rings. The summed E-state index contributed by atoms with van der Waals surface area (Å²) in [6.07, 6.45) is 9.91. The lowest BCUT2D eigenvalue weighted by Gasteiger charge is -2.43. The van der Waals surface area contributed by atoms with E-state index >= 15 is 0 Å². The number of rotatable bonds is 5. The zero-order chi connectivity index (χ0) is 22.6. The highest BCUT2D eigenvalue weighted by molar-refractivity contribution is 5.35. The van der Waals surface area contributed by atoms with Crippen LogP contribution in [0.4, 0.5) is 0 Å². The van der Waals surface area contributed by atoms with Gasteiger partial charge in [-0.2, -0.15) is 0 Å². The zero-order valence-electron chi connectivity index (χ0n) is 20.7. The van der Waals surface area contributed by atoms with Crippen molar-refractivity contribution in [1.82, 2.24) is 0 Å². The van der Waals surface area contributed by atoms with Crippen LogP contribution in [0.15, 0.2) is 54.2 Å². The molecule has 1 aliphatic carbocycles. The summed E-state index contributed by atoms with van der Waals surface area (Å²) in [7, 11) is 0. The van der Waals surface area contributed by atoms with E-state index in [0.717, 1.165) is 24.8 Å². The van der Waals surface area contributed by atoms with Crippen LogP contribution in [0.1, 0.15) is 78.0 Å². The Bertz CT molecular complexity index is 640. The molecule has 2 rings (SSSR count). The smallest absolute Gasteiger partial charge is 0.00258 e. The Hall–Kier alpha value is -1.60. The predicted molar refractivity (Wildman–Crippen MR) is 133 cm³/mol. The molecule has 0 aliphatic heterocycles. The van der Waals surface area contributed by atoms with E-state index < -0.39 is 0 Å². The van der Waals surface area contributed by atoms with Crippen LogP contribution in [-0.4, -0.2) is 6.54 Å². The van der Waals surface area contributed by atoms with Gasteiger partial charge in [0, 0.05) is 0 Å². The van der Waals surface area contributed by atoms with Crippen molar-refractivity contribution in [2.24, 2.45) is 23.0 Å². The molecule has 0 aromatic heterocycles. The maximum absolute atomic E-state index is 5.54. The van der Waals surface area contributed by atoms with Crippen LogP contribution >= 0.6 is 0 Å². The fourth-order valence-electron chi connectivity index (χ4n) is 3.51. The van der Waals surface area contributed by atoms with Crippen LogP contribution in [0.2, 0.25) is 0 Å². The molecule has 0 atom stereocenters. The highest BCUT2D eigenvalue weighted by atomic mass is 14.6. The van der Waals surface area contributed by atoms with Gasteiger partial charge in [-0.1, -0.05) is 94.3 Å². The summed E-state index contributed by atoms with van der Waals surface area (Å²) >= 11 is 0. The van der Waals surface area contributed by atoms with E-state index in [9.17, 15) is 0 Å². The highest BCUT2D eigenvalue weighted by Gasteiger charge is 2.35. The van der Waals surface area contributed by atoms with E-state index in [4.69, 9.17) is 5.73 Å². The highest BCUT2D eigenvalue weighted by Crippen LogP contribution is 2.44. The summed E-state index contributed by atoms with van der Waals surface area (Å²) in [6, 6.07) is 6.69. The second-order valence-corrected chi connectivity index (χ2v) is 9.50. The summed E-state index contributed by atoms with van der Waals surface area (Å²) in [5.74, 6) is 1.77. The van der Waals surface area contributed by atoms with Crippen molar-refractivity contribution < 1.29 is 0 Å². The summed E-state index contributed by atoms with van der Waals surface area (Å²) < 4.78 is 0. The Morgan fingerprint density at radius 2 is 1.55 bits per heavy atom. The second kappa shape index (κ2) is 13.6. The molecular formula is C28H47N. The van der Waals surface area contributed by atoms with Crippen LogP contribution in [-0.2, 0) is 6.42 Å². The third-order valence-corrected chi connectivity index (χ3v) is 5.38. The van der Waals surface area contributed by atoms with Gasteiger partial charge in [0.15, 0.2) is 0 Å². The van der Waals surface area contributed by atoms with Crippen LogP contribution in [0.5, 0.6) is 0 Å². The Kier molecular flexibility index (Phi) is 12.8. The van der Waals surface area contributed by atoms with Gasteiger partial charge in [0.05, 0.1) is 0 Å². The third kappa shape index (κ3) is 11.2. The lowest BCUT2D eigenvalue weighted by molar-refractivity contribution is 0.0808. The second-order valence-electron chi connectivity index (χ2n) is 9.50. The molecule has 164 valence electrons. The largest absolute Gasteiger partial charge is 0.330 e. The molecule has 2 N–H and O–H groups in total. The first-order valence-corrected chi connectivity index (χ1v) is 11.3. The maximum atomic E-state index is 5.54. The molecule has 0 radical (unpaired) electrons. The molecular weight excluding hydrogens is 350 g/mol. The number of hydrogen-bond acceptors (Lipinski definition) is 1. The first-order chi connectivity index (χ1) is 13.5. The topological polar surface area (TPSA) is 26.0 Å². The molecule has 1 heteroatoms. The maximum Gasteiger partial charge on any atom is -0.00258 e. The van der Waals surface area contributed by atoms with Crippen molar-refractivity contribution in [1.29, 1.82) is 0 Å². The average Bonchev–Trinajstić information content (AvgIpc) is 2.58. The number of nitrogens with two attached hydrogens (primary N) is 1. The summed E-state index contributed by atoms with van der Waals surface area (Å²) in [5, 5.41) is 0. The summed E-state index contributed by atoms with van der Waals surface area (Å²) in [5.41, 5.74) is 12.6. The number of aryl methyl sites for hydroxylation is 2. The van der Waals surface area contributed by atoms with Crippen LogP contribution in [0.25, 0.3) is 0 Å². The zero-order valence-corrected chi connectivity index (χ0v) is 20.7. The third-order valence-electron chi connectivity index (χ3n) is 5.38. The van der Waals surface area contributed by atoms with E-state index in [1.54, 1.807) is 0 Å². The van der Waals surface area contributed by atoms with Gasteiger partial charge in [0.1, 0.15) is 0 Å². The van der Waals surface area contributed by atoms with Gasteiger partial charge in [-0.3, -0.25) is 0 Å². The van der Waals surface area contributed by atoms with Crippen molar-refractivity contribution in [3.05, 3.63) is 70.8 Å². The fourth-order valence-corrected chi connectivity index (χ4v) is 3.51. The standard InChI is InChI=1S/C17H22.C9H19N.C2H6/c1-6-16(8-7-13(2)3)12-17-10-14(4)9-15(5)11-17;1-9(2,3)8-4-7(5-8)6-10;1-2/h6-11H,1,12H2,2-5H3;7-8H,4-6,10H2,1-3H3;1-2H3/b16-8+;;. The molecule has 29 heavy (non-hydrogen) atoms. The van der Waals surface area contributed by atoms with Gasteiger partial charge in [-0.05, 0) is 81.9 Å². The Balaban J connectivity index is 0.000000554. The normalized spacial score (nSPS) is 18.3. The van der Waals surface area contributed by atoms with Crippen molar-refractivity contribution in [2.45, 2.75) is 81.6 Å². The van der Waals surface area contributed by atoms with Gasteiger partial charge in [-0.15, -0.1) is 0 Å². The van der Waals surface area contributed by atoms with Gasteiger partial charge in [0.2, 0.25) is 0 Å². The minimum Gasteiger partial charge on any atom is -0.330 e. The van der Waals surface area contributed by atoms with Crippen LogP contribution < -0.4 is 5.73 Å². The molecule has 1 aromatic rings.